The van der Waals surface area contributed by atoms with Crippen molar-refractivity contribution in [3.63, 3.8) is 0 Å². The summed E-state index contributed by atoms with van der Waals surface area (Å²) >= 11 is 0. The zero-order valence-corrected chi connectivity index (χ0v) is 9.95. The highest BCUT2D eigenvalue weighted by molar-refractivity contribution is 5.77. The van der Waals surface area contributed by atoms with Crippen molar-refractivity contribution in [1.29, 1.82) is 0 Å². The minimum atomic E-state index is 0.134. The zero-order valence-electron chi connectivity index (χ0n) is 9.95. The normalized spacial score (nSPS) is 26.3. The zero-order chi connectivity index (χ0) is 11.3. The first-order valence-electron chi connectivity index (χ1n) is 5.59. The molecular weight excluding hydrogens is 192 g/mol. The number of nitrogens with zero attached hydrogens (tertiary/aromatic N) is 1. The number of rotatable bonds is 4. The van der Waals surface area contributed by atoms with Gasteiger partial charge >= 0.3 is 0 Å². The fourth-order valence-electron chi connectivity index (χ4n) is 1.93. The number of carbonyl (C=O) groups excluding carboxylic acids is 1. The number of amides is 1. The van der Waals surface area contributed by atoms with Gasteiger partial charge < -0.3 is 15.0 Å². The molecule has 1 amide bonds. The van der Waals surface area contributed by atoms with Crippen molar-refractivity contribution in [3.8, 4) is 0 Å². The molecule has 88 valence electrons. The lowest BCUT2D eigenvalue weighted by molar-refractivity contribution is -0.128. The van der Waals surface area contributed by atoms with Crippen molar-refractivity contribution in [2.75, 3.05) is 27.7 Å². The molecule has 2 unspecified atom stereocenters. The summed E-state index contributed by atoms with van der Waals surface area (Å²) in [6.45, 7) is 0.439. The highest BCUT2D eigenvalue weighted by atomic mass is 16.5. The Hall–Kier alpha value is -0.610. The van der Waals surface area contributed by atoms with Crippen molar-refractivity contribution in [2.45, 2.75) is 37.8 Å². The van der Waals surface area contributed by atoms with Gasteiger partial charge in [-0.25, -0.2) is 0 Å². The van der Waals surface area contributed by atoms with E-state index in [1.165, 1.54) is 6.42 Å². The molecule has 1 rings (SSSR count). The number of methoxy groups -OCH3 is 1. The molecule has 15 heavy (non-hydrogen) atoms. The molecule has 1 aliphatic carbocycles. The predicted molar refractivity (Wildman–Crippen MR) is 59.7 cm³/mol. The maximum atomic E-state index is 11.4. The molecule has 0 spiro atoms. The SMILES string of the molecule is COC1CCCC(NCC(=O)N(C)C)C1. The van der Waals surface area contributed by atoms with Crippen molar-refractivity contribution in [1.82, 2.24) is 10.2 Å². The second kappa shape index (κ2) is 6.08. The van der Waals surface area contributed by atoms with Crippen molar-refractivity contribution in [3.05, 3.63) is 0 Å². The van der Waals surface area contributed by atoms with Crippen LogP contribution in [0.2, 0.25) is 0 Å². The monoisotopic (exact) mass is 214 g/mol. The van der Waals surface area contributed by atoms with Gasteiger partial charge in [0.25, 0.3) is 0 Å². The number of carbonyl (C=O) groups is 1. The lowest BCUT2D eigenvalue weighted by Crippen LogP contribution is -2.42. The summed E-state index contributed by atoms with van der Waals surface area (Å²) < 4.78 is 5.34. The first kappa shape index (κ1) is 12.5. The van der Waals surface area contributed by atoms with Gasteiger partial charge in [0.05, 0.1) is 12.6 Å². The Morgan fingerprint density at radius 2 is 2.20 bits per heavy atom. The Balaban J connectivity index is 2.23. The summed E-state index contributed by atoms with van der Waals surface area (Å²) in [5.74, 6) is 0.134. The minimum Gasteiger partial charge on any atom is -0.381 e. The fraction of sp³-hybridized carbons (Fsp3) is 0.909. The molecule has 1 aliphatic rings. The molecule has 1 N–H and O–H groups in total. The van der Waals surface area contributed by atoms with Crippen LogP contribution in [0.3, 0.4) is 0 Å². The van der Waals surface area contributed by atoms with Crippen LogP contribution in [0.15, 0.2) is 0 Å². The van der Waals surface area contributed by atoms with Crippen LogP contribution in [0.25, 0.3) is 0 Å². The van der Waals surface area contributed by atoms with Crippen molar-refractivity contribution < 1.29 is 9.53 Å². The quantitative estimate of drug-likeness (QED) is 0.746. The minimum absolute atomic E-state index is 0.134. The molecule has 0 aromatic carbocycles. The van der Waals surface area contributed by atoms with Gasteiger partial charge in [-0.3, -0.25) is 4.79 Å². The van der Waals surface area contributed by atoms with Crippen LogP contribution in [0.4, 0.5) is 0 Å². The van der Waals surface area contributed by atoms with E-state index in [-0.39, 0.29) is 5.91 Å². The van der Waals surface area contributed by atoms with E-state index in [0.717, 1.165) is 19.3 Å². The van der Waals surface area contributed by atoms with E-state index >= 15 is 0 Å². The van der Waals surface area contributed by atoms with Crippen LogP contribution >= 0.6 is 0 Å². The van der Waals surface area contributed by atoms with Crippen LogP contribution in [0, 0.1) is 0 Å². The number of nitrogens with one attached hydrogen (secondary N) is 1. The largest absolute Gasteiger partial charge is 0.381 e. The third kappa shape index (κ3) is 4.18. The Morgan fingerprint density at radius 1 is 1.47 bits per heavy atom. The summed E-state index contributed by atoms with van der Waals surface area (Å²) in [4.78, 5) is 13.0. The molecule has 1 saturated carbocycles. The topological polar surface area (TPSA) is 41.6 Å². The summed E-state index contributed by atoms with van der Waals surface area (Å²) in [7, 11) is 5.32. The van der Waals surface area contributed by atoms with Gasteiger partial charge in [0.2, 0.25) is 5.91 Å². The van der Waals surface area contributed by atoms with Crippen molar-refractivity contribution >= 4 is 5.91 Å². The molecule has 4 heteroatoms. The van der Waals surface area contributed by atoms with E-state index in [1.807, 2.05) is 0 Å². The van der Waals surface area contributed by atoms with Crippen LogP contribution < -0.4 is 5.32 Å². The fourth-order valence-corrected chi connectivity index (χ4v) is 1.93. The smallest absolute Gasteiger partial charge is 0.236 e. The van der Waals surface area contributed by atoms with Gasteiger partial charge in [0, 0.05) is 27.2 Å². The van der Waals surface area contributed by atoms with Crippen LogP contribution in [-0.4, -0.2) is 50.7 Å². The van der Waals surface area contributed by atoms with E-state index in [9.17, 15) is 4.79 Å². The molecule has 0 saturated heterocycles. The van der Waals surface area contributed by atoms with Gasteiger partial charge in [0.15, 0.2) is 0 Å². The Labute approximate surface area is 92.0 Å². The second-order valence-electron chi connectivity index (χ2n) is 4.39. The third-order valence-corrected chi connectivity index (χ3v) is 3.00. The molecule has 0 radical (unpaired) electrons. The Bertz CT molecular complexity index is 207. The average molecular weight is 214 g/mol. The molecule has 1 fully saturated rings. The molecule has 4 nitrogen and oxygen atoms in total. The average Bonchev–Trinajstić information content (AvgIpc) is 2.26. The van der Waals surface area contributed by atoms with E-state index in [0.29, 0.717) is 18.7 Å². The van der Waals surface area contributed by atoms with E-state index < -0.39 is 0 Å². The predicted octanol–water partition coefficient (Wildman–Crippen LogP) is 0.622. The molecule has 0 aromatic heterocycles. The highest BCUT2D eigenvalue weighted by Crippen LogP contribution is 2.20. The van der Waals surface area contributed by atoms with Gasteiger partial charge in [-0.1, -0.05) is 0 Å². The van der Waals surface area contributed by atoms with E-state index in [4.69, 9.17) is 4.74 Å². The number of hydrogen-bond donors (Lipinski definition) is 1. The van der Waals surface area contributed by atoms with Crippen LogP contribution in [0.1, 0.15) is 25.7 Å². The summed E-state index contributed by atoms with van der Waals surface area (Å²) in [5, 5.41) is 3.30. The van der Waals surface area contributed by atoms with E-state index in [2.05, 4.69) is 5.32 Å². The van der Waals surface area contributed by atoms with E-state index in [1.54, 1.807) is 26.1 Å². The number of ether oxygens (including phenoxy) is 1. The standard InChI is InChI=1S/C11H22N2O2/c1-13(2)11(14)8-12-9-5-4-6-10(7-9)15-3/h9-10,12H,4-8H2,1-3H3. The van der Waals surface area contributed by atoms with Crippen LogP contribution in [-0.2, 0) is 9.53 Å². The molecule has 0 aliphatic heterocycles. The lowest BCUT2D eigenvalue weighted by Gasteiger charge is -2.29. The van der Waals surface area contributed by atoms with Gasteiger partial charge in [0.1, 0.15) is 0 Å². The maximum absolute atomic E-state index is 11.4. The summed E-state index contributed by atoms with van der Waals surface area (Å²) in [6, 6.07) is 0.438. The highest BCUT2D eigenvalue weighted by Gasteiger charge is 2.21. The number of likely N-dealkylation sites (N-methyl/N-ethyl adjacent to an activating group) is 1. The first-order chi connectivity index (χ1) is 7.13. The summed E-state index contributed by atoms with van der Waals surface area (Å²) in [6.07, 6.45) is 4.88. The number of hydrogen-bond acceptors (Lipinski definition) is 3. The molecule has 0 heterocycles. The van der Waals surface area contributed by atoms with Crippen molar-refractivity contribution in [2.24, 2.45) is 0 Å². The lowest BCUT2D eigenvalue weighted by atomic mass is 9.93. The van der Waals surface area contributed by atoms with Gasteiger partial charge in [-0.05, 0) is 25.7 Å². The second-order valence-corrected chi connectivity index (χ2v) is 4.39. The third-order valence-electron chi connectivity index (χ3n) is 3.00. The van der Waals surface area contributed by atoms with Gasteiger partial charge in [-0.15, -0.1) is 0 Å². The van der Waals surface area contributed by atoms with Crippen LogP contribution in [0.5, 0.6) is 0 Å². The summed E-state index contributed by atoms with van der Waals surface area (Å²) in [5.41, 5.74) is 0. The Morgan fingerprint density at radius 3 is 2.80 bits per heavy atom. The molecule has 0 aromatic rings. The first-order valence-corrected chi connectivity index (χ1v) is 5.59. The maximum Gasteiger partial charge on any atom is 0.236 e. The Kier molecular flexibility index (Phi) is 5.05. The molecular formula is C11H22N2O2. The molecule has 2 atom stereocenters. The van der Waals surface area contributed by atoms with Gasteiger partial charge in [-0.2, -0.15) is 0 Å². The molecule has 0 bridgehead atoms.